The van der Waals surface area contributed by atoms with Crippen molar-refractivity contribution in [2.75, 3.05) is 6.54 Å². The minimum absolute atomic E-state index is 0.0614. The van der Waals surface area contributed by atoms with Gasteiger partial charge in [0.2, 0.25) is 0 Å². The first-order chi connectivity index (χ1) is 11.3. The number of benzene rings is 1. The van der Waals surface area contributed by atoms with Crippen LogP contribution in [0.15, 0.2) is 47.5 Å². The summed E-state index contributed by atoms with van der Waals surface area (Å²) in [5.41, 5.74) is 1.18. The van der Waals surface area contributed by atoms with Crippen LogP contribution in [0.4, 0.5) is 0 Å². The third-order valence-electron chi connectivity index (χ3n) is 4.15. The number of aromatic nitrogens is 3. The van der Waals surface area contributed by atoms with Gasteiger partial charge >= 0.3 is 0 Å². The summed E-state index contributed by atoms with van der Waals surface area (Å²) in [6, 6.07) is 9.09. The van der Waals surface area contributed by atoms with E-state index in [4.69, 9.17) is 16.6 Å². The van der Waals surface area contributed by atoms with Gasteiger partial charge in [-0.2, -0.15) is 0 Å². The predicted molar refractivity (Wildman–Crippen MR) is 90.1 cm³/mol. The molecule has 1 N–H and O–H groups in total. The first-order valence-electron chi connectivity index (χ1n) is 7.60. The summed E-state index contributed by atoms with van der Waals surface area (Å²) in [6.07, 6.45) is 5.38. The zero-order valence-electron chi connectivity index (χ0n) is 12.4. The summed E-state index contributed by atoms with van der Waals surface area (Å²) in [6.45, 7) is 0.932. The van der Waals surface area contributed by atoms with Gasteiger partial charge in [-0.15, -0.1) is 0 Å². The molecular weight excluding hydrogens is 312 g/mol. The second kappa shape index (κ2) is 5.76. The fourth-order valence-electron chi connectivity index (χ4n) is 3.08. The molecule has 23 heavy (non-hydrogen) atoms. The predicted octanol–water partition coefficient (Wildman–Crippen LogP) is 2.86. The quantitative estimate of drug-likeness (QED) is 0.786. The molecule has 0 bridgehead atoms. The van der Waals surface area contributed by atoms with Crippen LogP contribution in [0, 0.1) is 0 Å². The van der Waals surface area contributed by atoms with E-state index in [1.54, 1.807) is 23.0 Å². The van der Waals surface area contributed by atoms with Crippen molar-refractivity contribution in [1.82, 2.24) is 19.9 Å². The van der Waals surface area contributed by atoms with Gasteiger partial charge in [-0.25, -0.2) is 4.98 Å². The zero-order chi connectivity index (χ0) is 15.8. The number of hydrogen-bond acceptors (Lipinski definition) is 4. The molecule has 4 rings (SSSR count). The molecule has 0 spiro atoms. The number of hydrogen-bond donors (Lipinski definition) is 1. The molecule has 1 aliphatic heterocycles. The molecule has 1 aliphatic rings. The Morgan fingerprint density at radius 2 is 2.17 bits per heavy atom. The van der Waals surface area contributed by atoms with Gasteiger partial charge < -0.3 is 5.32 Å². The van der Waals surface area contributed by atoms with Gasteiger partial charge in [0, 0.05) is 6.20 Å². The van der Waals surface area contributed by atoms with E-state index in [1.165, 1.54) is 0 Å². The van der Waals surface area contributed by atoms with Gasteiger partial charge in [-0.1, -0.05) is 17.7 Å². The van der Waals surface area contributed by atoms with E-state index < -0.39 is 0 Å². The van der Waals surface area contributed by atoms with Crippen LogP contribution in [0.2, 0.25) is 5.02 Å². The van der Waals surface area contributed by atoms with Crippen molar-refractivity contribution in [2.24, 2.45) is 0 Å². The first kappa shape index (κ1) is 14.4. The summed E-state index contributed by atoms with van der Waals surface area (Å²) in [7, 11) is 0. The van der Waals surface area contributed by atoms with Crippen molar-refractivity contribution in [2.45, 2.75) is 18.9 Å². The molecular formula is C17H15ClN4O. The third-order valence-corrected chi connectivity index (χ3v) is 4.46. The van der Waals surface area contributed by atoms with Crippen LogP contribution >= 0.6 is 11.6 Å². The minimum atomic E-state index is -0.155. The molecule has 3 aromatic rings. The van der Waals surface area contributed by atoms with Crippen LogP contribution < -0.4 is 10.9 Å². The van der Waals surface area contributed by atoms with Crippen LogP contribution in [0.1, 0.15) is 24.7 Å². The maximum atomic E-state index is 13.1. The number of rotatable bonds is 2. The number of pyridine rings is 1. The minimum Gasteiger partial charge on any atom is -0.307 e. The number of nitrogens with one attached hydrogen (secondary N) is 1. The monoisotopic (exact) mass is 326 g/mol. The standard InChI is InChI=1S/C17H15ClN4O/c18-12-5-1-6-13-15(12)17(23)22(11-4-2-8-19-10-11)16(21-13)14-7-3-9-20-14/h1-2,4-6,8,10,14,20H,3,7,9H2. The van der Waals surface area contributed by atoms with Crippen LogP contribution in [-0.2, 0) is 0 Å². The molecule has 1 saturated heterocycles. The Balaban J connectivity index is 2.08. The van der Waals surface area contributed by atoms with E-state index in [0.717, 1.165) is 25.2 Å². The lowest BCUT2D eigenvalue weighted by Gasteiger charge is -2.18. The van der Waals surface area contributed by atoms with Crippen LogP contribution in [0.25, 0.3) is 16.6 Å². The SMILES string of the molecule is O=c1c2c(Cl)cccc2nc(C2CCCN2)n1-c1cccnc1. The van der Waals surface area contributed by atoms with Crippen molar-refractivity contribution >= 4 is 22.5 Å². The highest BCUT2D eigenvalue weighted by atomic mass is 35.5. The molecule has 1 fully saturated rings. The molecule has 116 valence electrons. The lowest BCUT2D eigenvalue weighted by atomic mass is 10.1. The van der Waals surface area contributed by atoms with Gasteiger partial charge in [0.15, 0.2) is 0 Å². The zero-order valence-corrected chi connectivity index (χ0v) is 13.1. The summed E-state index contributed by atoms with van der Waals surface area (Å²) in [4.78, 5) is 22.0. The van der Waals surface area contributed by atoms with E-state index in [-0.39, 0.29) is 11.6 Å². The first-order valence-corrected chi connectivity index (χ1v) is 7.98. The average Bonchev–Trinajstić information content (AvgIpc) is 3.09. The smallest absolute Gasteiger partial charge is 0.267 e. The van der Waals surface area contributed by atoms with E-state index in [1.807, 2.05) is 24.3 Å². The second-order valence-corrected chi connectivity index (χ2v) is 6.01. The van der Waals surface area contributed by atoms with Crippen molar-refractivity contribution in [3.63, 3.8) is 0 Å². The van der Waals surface area contributed by atoms with Crippen molar-refractivity contribution in [3.05, 3.63) is 63.9 Å². The molecule has 2 aromatic heterocycles. The third kappa shape index (κ3) is 2.42. The highest BCUT2D eigenvalue weighted by Crippen LogP contribution is 2.26. The lowest BCUT2D eigenvalue weighted by molar-refractivity contribution is 0.584. The van der Waals surface area contributed by atoms with Crippen molar-refractivity contribution in [3.8, 4) is 5.69 Å². The van der Waals surface area contributed by atoms with E-state index >= 15 is 0 Å². The lowest BCUT2D eigenvalue weighted by Crippen LogP contribution is -2.29. The van der Waals surface area contributed by atoms with Crippen molar-refractivity contribution in [1.29, 1.82) is 0 Å². The van der Waals surface area contributed by atoms with Gasteiger partial charge in [-0.3, -0.25) is 14.3 Å². The van der Waals surface area contributed by atoms with Crippen molar-refractivity contribution < 1.29 is 0 Å². The van der Waals surface area contributed by atoms with Gasteiger partial charge in [-0.05, 0) is 43.7 Å². The molecule has 1 atom stereocenters. The molecule has 1 unspecified atom stereocenters. The number of halogens is 1. The Hall–Kier alpha value is -2.24. The molecule has 0 aliphatic carbocycles. The van der Waals surface area contributed by atoms with E-state index in [2.05, 4.69) is 10.3 Å². The Labute approximate surface area is 138 Å². The molecule has 0 radical (unpaired) electrons. The van der Waals surface area contributed by atoms with Crippen LogP contribution in [-0.4, -0.2) is 21.1 Å². The van der Waals surface area contributed by atoms with Crippen LogP contribution in [0.5, 0.6) is 0 Å². The Morgan fingerprint density at radius 1 is 1.26 bits per heavy atom. The fourth-order valence-corrected chi connectivity index (χ4v) is 3.33. The topological polar surface area (TPSA) is 59.8 Å². The molecule has 1 aromatic carbocycles. The number of fused-ring (bicyclic) bond motifs is 1. The molecule has 0 amide bonds. The highest BCUT2D eigenvalue weighted by molar-refractivity contribution is 6.35. The van der Waals surface area contributed by atoms with E-state index in [9.17, 15) is 4.79 Å². The maximum Gasteiger partial charge on any atom is 0.267 e. The summed E-state index contributed by atoms with van der Waals surface area (Å²) < 4.78 is 1.63. The second-order valence-electron chi connectivity index (χ2n) is 5.60. The molecule has 3 heterocycles. The van der Waals surface area contributed by atoms with Gasteiger partial charge in [0.05, 0.1) is 33.9 Å². The normalized spacial score (nSPS) is 17.7. The Kier molecular flexibility index (Phi) is 3.59. The number of nitrogens with zero attached hydrogens (tertiary/aromatic N) is 3. The van der Waals surface area contributed by atoms with Gasteiger partial charge in [0.1, 0.15) is 5.82 Å². The highest BCUT2D eigenvalue weighted by Gasteiger charge is 2.24. The summed E-state index contributed by atoms with van der Waals surface area (Å²) in [5.74, 6) is 0.718. The molecule has 5 nitrogen and oxygen atoms in total. The summed E-state index contributed by atoms with van der Waals surface area (Å²) in [5, 5.41) is 4.28. The fraction of sp³-hybridized carbons (Fsp3) is 0.235. The van der Waals surface area contributed by atoms with E-state index in [0.29, 0.717) is 21.6 Å². The van der Waals surface area contributed by atoms with Gasteiger partial charge in [0.25, 0.3) is 5.56 Å². The maximum absolute atomic E-state index is 13.1. The largest absolute Gasteiger partial charge is 0.307 e. The molecule has 6 heteroatoms. The average molecular weight is 327 g/mol. The molecule has 0 saturated carbocycles. The Morgan fingerprint density at radius 3 is 2.91 bits per heavy atom. The summed E-state index contributed by atoms with van der Waals surface area (Å²) >= 11 is 6.25. The Bertz CT molecular complexity index is 917. The van der Waals surface area contributed by atoms with Crippen LogP contribution in [0.3, 0.4) is 0 Å².